The predicted molar refractivity (Wildman–Crippen MR) is 48.2 cm³/mol. The van der Waals surface area contributed by atoms with Crippen LogP contribution in [0.2, 0.25) is 5.02 Å². The fraction of sp³-hybridized carbons (Fsp3) is 0.143. The molecule has 1 aromatic rings. The molecule has 0 saturated heterocycles. The summed E-state index contributed by atoms with van der Waals surface area (Å²) < 4.78 is 10.8. The van der Waals surface area contributed by atoms with E-state index in [2.05, 4.69) is 0 Å². The van der Waals surface area contributed by atoms with Crippen LogP contribution in [0.25, 0.3) is 0 Å². The van der Waals surface area contributed by atoms with Gasteiger partial charge >= 0.3 is 0 Å². The maximum atomic E-state index is 10.8. The van der Waals surface area contributed by atoms with Gasteiger partial charge in [-0.2, -0.15) is 0 Å². The second-order valence-electron chi connectivity index (χ2n) is 2.21. The van der Waals surface area contributed by atoms with E-state index in [9.17, 15) is 4.21 Å². The fourth-order valence-corrected chi connectivity index (χ4v) is 1.45. The lowest BCUT2D eigenvalue weighted by Crippen LogP contribution is -2.13. The zero-order valence-electron chi connectivity index (χ0n) is 6.16. The van der Waals surface area contributed by atoms with Crippen LogP contribution in [-0.4, -0.2) is 9.42 Å². The van der Waals surface area contributed by atoms with Crippen molar-refractivity contribution >= 4 is 22.6 Å². The minimum atomic E-state index is -1.42. The average molecular weight is 206 g/mol. The first-order chi connectivity index (χ1) is 5.72. The van der Waals surface area contributed by atoms with Gasteiger partial charge < -0.3 is 5.21 Å². The molecule has 12 heavy (non-hydrogen) atoms. The second-order valence-corrected chi connectivity index (χ2v) is 3.81. The maximum Gasteiger partial charge on any atom is 0.120 e. The van der Waals surface area contributed by atoms with Crippen LogP contribution < -0.4 is 4.89 Å². The molecule has 66 valence electrons. The molecule has 5 heteroatoms. The molecule has 3 nitrogen and oxygen atoms in total. The maximum absolute atomic E-state index is 10.8. The number of hydrogen-bond acceptors (Lipinski definition) is 2. The van der Waals surface area contributed by atoms with E-state index in [-0.39, 0.29) is 5.75 Å². The van der Waals surface area contributed by atoms with Crippen LogP contribution in [0, 0.1) is 0 Å². The van der Waals surface area contributed by atoms with E-state index >= 15 is 0 Å². The van der Waals surface area contributed by atoms with Crippen LogP contribution in [0.15, 0.2) is 24.3 Å². The molecule has 0 aliphatic rings. The summed E-state index contributed by atoms with van der Waals surface area (Å²) in [6.45, 7) is 0. The van der Waals surface area contributed by atoms with Crippen molar-refractivity contribution in [2.75, 3.05) is 0 Å². The fourth-order valence-electron chi connectivity index (χ4n) is 0.764. The third kappa shape index (κ3) is 2.91. The van der Waals surface area contributed by atoms with E-state index in [0.29, 0.717) is 5.02 Å². The Morgan fingerprint density at radius 2 is 2.00 bits per heavy atom. The lowest BCUT2D eigenvalue weighted by atomic mass is 10.2. The van der Waals surface area contributed by atoms with Crippen LogP contribution in [-0.2, 0) is 16.7 Å². The highest BCUT2D eigenvalue weighted by molar-refractivity contribution is 7.82. The third-order valence-electron chi connectivity index (χ3n) is 1.31. The Morgan fingerprint density at radius 1 is 1.42 bits per heavy atom. The first-order valence-corrected chi connectivity index (χ1v) is 4.94. The van der Waals surface area contributed by atoms with Crippen molar-refractivity contribution < 1.29 is 9.42 Å². The average Bonchev–Trinajstić information content (AvgIpc) is 2.09. The molecule has 0 saturated carbocycles. The van der Waals surface area contributed by atoms with E-state index < -0.39 is 11.0 Å². The van der Waals surface area contributed by atoms with Gasteiger partial charge in [-0.15, -0.1) is 4.89 Å². The van der Waals surface area contributed by atoms with Crippen molar-refractivity contribution in [3.8, 4) is 0 Å². The summed E-state index contributed by atoms with van der Waals surface area (Å²) in [5.41, 5.74) is 0.860. The zero-order valence-corrected chi connectivity index (χ0v) is 7.73. The molecule has 0 fully saturated rings. The number of benzene rings is 1. The Labute approximate surface area is 77.9 Å². The standard InChI is InChI=1S/C7H8ClNO2S/c8-7-3-1-6(2-4-7)5-12(11)9-10/h1-4,9-10H,5H2. The van der Waals surface area contributed by atoms with Crippen molar-refractivity contribution in [1.29, 1.82) is 0 Å². The Bertz CT molecular complexity index is 275. The van der Waals surface area contributed by atoms with Gasteiger partial charge in [0.15, 0.2) is 0 Å². The Morgan fingerprint density at radius 3 is 2.50 bits per heavy atom. The van der Waals surface area contributed by atoms with Crippen LogP contribution in [0.1, 0.15) is 5.56 Å². The molecule has 1 unspecified atom stereocenters. The molecule has 0 aromatic heterocycles. The first-order valence-electron chi connectivity index (χ1n) is 3.25. The van der Waals surface area contributed by atoms with Gasteiger partial charge in [0.2, 0.25) is 0 Å². The van der Waals surface area contributed by atoms with Gasteiger partial charge in [0.05, 0.1) is 5.75 Å². The lowest BCUT2D eigenvalue weighted by molar-refractivity contribution is 0.251. The topological polar surface area (TPSA) is 49.3 Å². The van der Waals surface area contributed by atoms with Crippen LogP contribution in [0.5, 0.6) is 0 Å². The molecule has 1 aromatic carbocycles. The highest BCUT2D eigenvalue weighted by Crippen LogP contribution is 2.10. The minimum Gasteiger partial charge on any atom is -0.304 e. The van der Waals surface area contributed by atoms with Gasteiger partial charge in [-0.1, -0.05) is 23.7 Å². The Balaban J connectivity index is 2.64. The first kappa shape index (κ1) is 9.67. The largest absolute Gasteiger partial charge is 0.304 e. The third-order valence-corrected chi connectivity index (χ3v) is 2.36. The van der Waals surface area contributed by atoms with Crippen LogP contribution in [0.4, 0.5) is 0 Å². The van der Waals surface area contributed by atoms with Gasteiger partial charge in [-0.25, -0.2) is 4.21 Å². The van der Waals surface area contributed by atoms with E-state index in [1.807, 2.05) is 0 Å². The molecule has 0 bridgehead atoms. The molecule has 2 N–H and O–H groups in total. The monoisotopic (exact) mass is 205 g/mol. The number of halogens is 1. The summed E-state index contributed by atoms with van der Waals surface area (Å²) in [5, 5.41) is 8.91. The van der Waals surface area contributed by atoms with E-state index in [0.717, 1.165) is 5.56 Å². The highest BCUT2D eigenvalue weighted by Gasteiger charge is 1.98. The van der Waals surface area contributed by atoms with E-state index in [1.54, 1.807) is 29.2 Å². The number of rotatable bonds is 3. The van der Waals surface area contributed by atoms with Crippen molar-refractivity contribution in [1.82, 2.24) is 4.89 Å². The predicted octanol–water partition coefficient (Wildman–Crippen LogP) is 1.48. The summed E-state index contributed by atoms with van der Waals surface area (Å²) in [4.78, 5) is 1.67. The Hall–Kier alpha value is -0.420. The molecule has 0 aliphatic carbocycles. The van der Waals surface area contributed by atoms with Crippen molar-refractivity contribution in [3.05, 3.63) is 34.9 Å². The molecule has 0 aliphatic heterocycles. The van der Waals surface area contributed by atoms with Gasteiger partial charge in [0, 0.05) is 5.02 Å². The van der Waals surface area contributed by atoms with Crippen molar-refractivity contribution in [2.24, 2.45) is 0 Å². The molecule has 0 amide bonds. The van der Waals surface area contributed by atoms with Gasteiger partial charge in [-0.3, -0.25) is 0 Å². The summed E-state index contributed by atoms with van der Waals surface area (Å²) in [6.07, 6.45) is 0. The van der Waals surface area contributed by atoms with Gasteiger partial charge in [0.1, 0.15) is 11.0 Å². The van der Waals surface area contributed by atoms with Gasteiger partial charge in [-0.05, 0) is 17.7 Å². The van der Waals surface area contributed by atoms with Gasteiger partial charge in [0.25, 0.3) is 0 Å². The molecule has 1 atom stereocenters. The quantitative estimate of drug-likeness (QED) is 0.735. The lowest BCUT2D eigenvalue weighted by Gasteiger charge is -1.98. The van der Waals surface area contributed by atoms with Crippen LogP contribution >= 0.6 is 11.6 Å². The smallest absolute Gasteiger partial charge is 0.120 e. The summed E-state index contributed by atoms with van der Waals surface area (Å²) in [7, 11) is -1.42. The summed E-state index contributed by atoms with van der Waals surface area (Å²) in [5.74, 6) is 0.271. The normalized spacial score (nSPS) is 12.8. The summed E-state index contributed by atoms with van der Waals surface area (Å²) in [6, 6.07) is 6.95. The molecule has 0 radical (unpaired) electrons. The van der Waals surface area contributed by atoms with E-state index in [1.165, 1.54) is 0 Å². The van der Waals surface area contributed by atoms with E-state index in [4.69, 9.17) is 16.8 Å². The minimum absolute atomic E-state index is 0.271. The van der Waals surface area contributed by atoms with Crippen LogP contribution in [0.3, 0.4) is 0 Å². The number of nitrogens with one attached hydrogen (secondary N) is 1. The zero-order chi connectivity index (χ0) is 8.97. The molecular weight excluding hydrogens is 198 g/mol. The number of hydrogen-bond donors (Lipinski definition) is 2. The molecular formula is C7H8ClNO2S. The second kappa shape index (κ2) is 4.57. The molecule has 0 spiro atoms. The van der Waals surface area contributed by atoms with Crippen molar-refractivity contribution in [2.45, 2.75) is 5.75 Å². The molecule has 1 rings (SSSR count). The molecule has 0 heterocycles. The SMILES string of the molecule is O=S(Cc1ccc(Cl)cc1)NO. The highest BCUT2D eigenvalue weighted by atomic mass is 35.5. The Kier molecular flexibility index (Phi) is 3.68. The summed E-state index contributed by atoms with van der Waals surface area (Å²) >= 11 is 5.64. The van der Waals surface area contributed by atoms with Crippen molar-refractivity contribution in [3.63, 3.8) is 0 Å².